The van der Waals surface area contributed by atoms with Gasteiger partial charge in [-0.05, 0) is 35.9 Å². The number of rotatable bonds is 3. The van der Waals surface area contributed by atoms with Gasteiger partial charge >= 0.3 is 0 Å². The lowest BCUT2D eigenvalue weighted by molar-refractivity contribution is 0.0956. The summed E-state index contributed by atoms with van der Waals surface area (Å²) in [5.41, 5.74) is 9.43. The maximum Gasteiger partial charge on any atom is 0.273 e. The summed E-state index contributed by atoms with van der Waals surface area (Å²) in [6, 6.07) is 11.3. The number of benzene rings is 2. The van der Waals surface area contributed by atoms with Gasteiger partial charge in [-0.2, -0.15) is 5.10 Å². The Kier molecular flexibility index (Phi) is 4.22. The molecule has 0 aromatic heterocycles. The molecule has 0 atom stereocenters. The smallest absolute Gasteiger partial charge is 0.273 e. The van der Waals surface area contributed by atoms with E-state index in [-0.39, 0.29) is 10.8 Å². The summed E-state index contributed by atoms with van der Waals surface area (Å²) in [5.74, 6) is -0.408. The van der Waals surface area contributed by atoms with Crippen LogP contribution in [0, 0.1) is 0 Å². The van der Waals surface area contributed by atoms with Crippen molar-refractivity contribution in [3.05, 3.63) is 58.6 Å². The third-order valence-corrected chi connectivity index (χ3v) is 2.86. The maximum absolute atomic E-state index is 11.8. The number of nitrogens with one attached hydrogen (secondary N) is 1. The van der Waals surface area contributed by atoms with E-state index in [1.54, 1.807) is 30.3 Å². The molecule has 0 bridgehead atoms. The molecule has 0 saturated heterocycles. The van der Waals surface area contributed by atoms with Crippen molar-refractivity contribution in [3.63, 3.8) is 0 Å². The van der Waals surface area contributed by atoms with Crippen molar-refractivity contribution in [2.45, 2.75) is 0 Å². The number of aromatic hydroxyl groups is 1. The molecule has 0 heterocycles. The fraction of sp³-hybridized carbons (Fsp3) is 0. The molecule has 2 aromatic carbocycles. The van der Waals surface area contributed by atoms with E-state index in [1.807, 2.05) is 0 Å². The average molecular weight is 290 g/mol. The number of phenolic OH excluding ortho intramolecular Hbond substituents is 1. The van der Waals surface area contributed by atoms with Crippen molar-refractivity contribution in [1.29, 1.82) is 0 Å². The number of phenols is 1. The molecule has 0 aliphatic carbocycles. The second kappa shape index (κ2) is 6.08. The quantitative estimate of drug-likeness (QED) is 0.460. The van der Waals surface area contributed by atoms with E-state index in [9.17, 15) is 9.90 Å². The van der Waals surface area contributed by atoms with Crippen LogP contribution >= 0.6 is 11.6 Å². The van der Waals surface area contributed by atoms with Crippen LogP contribution < -0.4 is 11.2 Å². The molecule has 0 spiro atoms. The highest BCUT2D eigenvalue weighted by atomic mass is 35.5. The molecule has 102 valence electrons. The van der Waals surface area contributed by atoms with E-state index in [0.29, 0.717) is 16.8 Å². The van der Waals surface area contributed by atoms with Crippen molar-refractivity contribution in [3.8, 4) is 5.75 Å². The zero-order valence-electron chi connectivity index (χ0n) is 10.4. The Balaban J connectivity index is 2.05. The first-order valence-corrected chi connectivity index (χ1v) is 6.12. The van der Waals surface area contributed by atoms with E-state index < -0.39 is 5.91 Å². The standard InChI is InChI=1S/C14H12ClN3O2/c15-11-7-9(5-6-13(11)19)8-17-18-14(20)10-3-1-2-4-12(10)16/h1-8,19H,16H2,(H,18,20)/b17-8-. The van der Waals surface area contributed by atoms with E-state index >= 15 is 0 Å². The number of amides is 1. The number of nitrogens with two attached hydrogens (primary N) is 1. The van der Waals surface area contributed by atoms with Crippen LogP contribution in [-0.2, 0) is 0 Å². The van der Waals surface area contributed by atoms with Gasteiger partial charge < -0.3 is 10.8 Å². The number of para-hydroxylation sites is 1. The summed E-state index contributed by atoms with van der Waals surface area (Å²) in [6.45, 7) is 0. The summed E-state index contributed by atoms with van der Waals surface area (Å²) in [5, 5.41) is 13.3. The highest BCUT2D eigenvalue weighted by Gasteiger charge is 2.06. The lowest BCUT2D eigenvalue weighted by atomic mass is 10.2. The molecule has 0 aliphatic heterocycles. The van der Waals surface area contributed by atoms with Crippen LogP contribution in [0.3, 0.4) is 0 Å². The van der Waals surface area contributed by atoms with Gasteiger partial charge in [-0.3, -0.25) is 4.79 Å². The minimum Gasteiger partial charge on any atom is -0.506 e. The van der Waals surface area contributed by atoms with E-state index in [1.165, 1.54) is 18.3 Å². The van der Waals surface area contributed by atoms with Gasteiger partial charge in [0, 0.05) is 5.69 Å². The van der Waals surface area contributed by atoms with E-state index in [4.69, 9.17) is 17.3 Å². The monoisotopic (exact) mass is 289 g/mol. The third-order valence-electron chi connectivity index (χ3n) is 2.56. The molecule has 0 aliphatic rings. The predicted molar refractivity (Wildman–Crippen MR) is 79.0 cm³/mol. The van der Waals surface area contributed by atoms with Crippen molar-refractivity contribution < 1.29 is 9.90 Å². The molecule has 20 heavy (non-hydrogen) atoms. The molecule has 4 N–H and O–H groups in total. The fourth-order valence-electron chi connectivity index (χ4n) is 1.53. The minimum atomic E-state index is -0.399. The molecule has 6 heteroatoms. The number of nitrogen functional groups attached to an aromatic ring is 1. The molecular formula is C14H12ClN3O2. The lowest BCUT2D eigenvalue weighted by Gasteiger charge is -2.03. The molecule has 0 fully saturated rings. The third kappa shape index (κ3) is 3.27. The van der Waals surface area contributed by atoms with Gasteiger partial charge in [0.1, 0.15) is 5.75 Å². The summed E-state index contributed by atoms with van der Waals surface area (Å²) in [4.78, 5) is 11.8. The zero-order chi connectivity index (χ0) is 14.5. The van der Waals surface area contributed by atoms with Crippen LogP contribution in [0.2, 0.25) is 5.02 Å². The molecular weight excluding hydrogens is 278 g/mol. The molecule has 0 saturated carbocycles. The molecule has 0 radical (unpaired) electrons. The SMILES string of the molecule is Nc1ccccc1C(=O)N/N=C\c1ccc(O)c(Cl)c1. The number of hydrazone groups is 1. The number of halogens is 1. The van der Waals surface area contributed by atoms with Crippen molar-refractivity contribution >= 4 is 29.4 Å². The largest absolute Gasteiger partial charge is 0.506 e. The lowest BCUT2D eigenvalue weighted by Crippen LogP contribution is -2.18. The van der Waals surface area contributed by atoms with Crippen LogP contribution in [0.25, 0.3) is 0 Å². The summed E-state index contributed by atoms with van der Waals surface area (Å²) >= 11 is 5.76. The first kappa shape index (κ1) is 13.9. The first-order valence-electron chi connectivity index (χ1n) is 5.74. The predicted octanol–water partition coefficient (Wildman–Crippen LogP) is 2.39. The molecule has 2 rings (SSSR count). The van der Waals surface area contributed by atoms with Gasteiger partial charge in [0.15, 0.2) is 0 Å². The number of carbonyl (C=O) groups excluding carboxylic acids is 1. The van der Waals surface area contributed by atoms with Gasteiger partial charge in [-0.15, -0.1) is 0 Å². The van der Waals surface area contributed by atoms with Crippen LogP contribution in [0.1, 0.15) is 15.9 Å². The van der Waals surface area contributed by atoms with Crippen LogP contribution in [-0.4, -0.2) is 17.2 Å². The molecule has 2 aromatic rings. The van der Waals surface area contributed by atoms with Crippen molar-refractivity contribution in [2.75, 3.05) is 5.73 Å². The fourth-order valence-corrected chi connectivity index (χ4v) is 1.72. The molecule has 0 unspecified atom stereocenters. The molecule has 5 nitrogen and oxygen atoms in total. The number of anilines is 1. The Morgan fingerprint density at radius 3 is 2.75 bits per heavy atom. The van der Waals surface area contributed by atoms with Crippen molar-refractivity contribution in [1.82, 2.24) is 5.43 Å². The van der Waals surface area contributed by atoms with Crippen molar-refractivity contribution in [2.24, 2.45) is 5.10 Å². The summed E-state index contributed by atoms with van der Waals surface area (Å²) in [6.07, 6.45) is 1.42. The number of hydrogen-bond donors (Lipinski definition) is 3. The van der Waals surface area contributed by atoms with Gasteiger partial charge in [-0.1, -0.05) is 23.7 Å². The Bertz CT molecular complexity index is 671. The van der Waals surface area contributed by atoms with Gasteiger partial charge in [0.2, 0.25) is 0 Å². The Morgan fingerprint density at radius 2 is 2.05 bits per heavy atom. The highest BCUT2D eigenvalue weighted by molar-refractivity contribution is 6.32. The van der Waals surface area contributed by atoms with Gasteiger partial charge in [-0.25, -0.2) is 5.43 Å². The molecule has 1 amide bonds. The van der Waals surface area contributed by atoms with Crippen LogP contribution in [0.5, 0.6) is 5.75 Å². The number of carbonyl (C=O) groups is 1. The highest BCUT2D eigenvalue weighted by Crippen LogP contribution is 2.22. The van der Waals surface area contributed by atoms with E-state index in [0.717, 1.165) is 0 Å². The second-order valence-electron chi connectivity index (χ2n) is 4.00. The normalized spacial score (nSPS) is 10.7. The Morgan fingerprint density at radius 1 is 1.30 bits per heavy atom. The Labute approximate surface area is 120 Å². The topological polar surface area (TPSA) is 87.7 Å². The first-order chi connectivity index (χ1) is 9.58. The van der Waals surface area contributed by atoms with E-state index in [2.05, 4.69) is 10.5 Å². The zero-order valence-corrected chi connectivity index (χ0v) is 11.1. The van der Waals surface area contributed by atoms with Gasteiger partial charge in [0.25, 0.3) is 5.91 Å². The second-order valence-corrected chi connectivity index (χ2v) is 4.40. The van der Waals surface area contributed by atoms with Crippen LogP contribution in [0.15, 0.2) is 47.6 Å². The number of nitrogens with zero attached hydrogens (tertiary/aromatic N) is 1. The maximum atomic E-state index is 11.8. The number of hydrogen-bond acceptors (Lipinski definition) is 4. The summed E-state index contributed by atoms with van der Waals surface area (Å²) < 4.78 is 0. The Hall–Kier alpha value is -2.53. The summed E-state index contributed by atoms with van der Waals surface area (Å²) in [7, 11) is 0. The van der Waals surface area contributed by atoms with Crippen LogP contribution in [0.4, 0.5) is 5.69 Å². The van der Waals surface area contributed by atoms with Gasteiger partial charge in [0.05, 0.1) is 16.8 Å². The average Bonchev–Trinajstić information content (AvgIpc) is 2.43. The minimum absolute atomic E-state index is 0.00934.